The number of hydrogen-bond donors (Lipinski definition) is 2. The van der Waals surface area contributed by atoms with E-state index < -0.39 is 5.54 Å². The average molecular weight is 412 g/mol. The van der Waals surface area contributed by atoms with Crippen molar-refractivity contribution in [2.24, 2.45) is 5.73 Å². The van der Waals surface area contributed by atoms with Crippen molar-refractivity contribution in [3.8, 4) is 0 Å². The number of carbonyl (C=O) groups is 1. The zero-order chi connectivity index (χ0) is 18.3. The predicted molar refractivity (Wildman–Crippen MR) is 117 cm³/mol. The molecular formula is C21H31Cl2N3O. The van der Waals surface area contributed by atoms with E-state index in [1.807, 2.05) is 30.3 Å². The summed E-state index contributed by atoms with van der Waals surface area (Å²) in [6.07, 6.45) is 0. The van der Waals surface area contributed by atoms with Crippen molar-refractivity contribution in [1.82, 2.24) is 10.2 Å². The summed E-state index contributed by atoms with van der Waals surface area (Å²) in [4.78, 5) is 14.9. The maximum atomic E-state index is 12.5. The van der Waals surface area contributed by atoms with Crippen LogP contribution in [-0.4, -0.2) is 23.9 Å². The van der Waals surface area contributed by atoms with E-state index in [2.05, 4.69) is 48.3 Å². The Kier molecular flexibility index (Phi) is 11.3. The standard InChI is InChI=1S/C21H29N3O.2ClH/c1-4-24(5-2)16-18-13-11-17(12-14-18)15-23-20(25)21(3,22)19-9-7-6-8-10-19;;/h6-14H,4-5,15-16,22H2,1-3H3,(H,23,25);2*1H. The van der Waals surface area contributed by atoms with Gasteiger partial charge in [-0.15, -0.1) is 24.8 Å². The molecule has 2 aromatic carbocycles. The van der Waals surface area contributed by atoms with E-state index in [4.69, 9.17) is 5.73 Å². The summed E-state index contributed by atoms with van der Waals surface area (Å²) < 4.78 is 0. The lowest BCUT2D eigenvalue weighted by Gasteiger charge is -2.24. The average Bonchev–Trinajstić information content (AvgIpc) is 2.65. The molecule has 2 aromatic rings. The molecule has 0 aliphatic heterocycles. The van der Waals surface area contributed by atoms with Crippen LogP contribution in [0, 0.1) is 0 Å². The Bertz CT molecular complexity index is 672. The van der Waals surface area contributed by atoms with Gasteiger partial charge in [-0.05, 0) is 36.7 Å². The van der Waals surface area contributed by atoms with Crippen LogP contribution in [0.3, 0.4) is 0 Å². The molecule has 0 heterocycles. The molecule has 0 aromatic heterocycles. The highest BCUT2D eigenvalue weighted by molar-refractivity contribution is 5.87. The van der Waals surface area contributed by atoms with Gasteiger partial charge in [-0.1, -0.05) is 68.4 Å². The summed E-state index contributed by atoms with van der Waals surface area (Å²) in [5.41, 5.74) is 8.36. The van der Waals surface area contributed by atoms with Crippen molar-refractivity contribution >= 4 is 30.7 Å². The molecule has 1 unspecified atom stereocenters. The number of carbonyl (C=O) groups excluding carboxylic acids is 1. The summed E-state index contributed by atoms with van der Waals surface area (Å²) in [5.74, 6) is -0.175. The fraction of sp³-hybridized carbons (Fsp3) is 0.381. The van der Waals surface area contributed by atoms with E-state index in [0.717, 1.165) is 30.8 Å². The Balaban J connectivity index is 0.00000338. The Morgan fingerprint density at radius 3 is 2.00 bits per heavy atom. The Hall–Kier alpha value is -1.59. The van der Waals surface area contributed by atoms with E-state index >= 15 is 0 Å². The maximum absolute atomic E-state index is 12.5. The van der Waals surface area contributed by atoms with Crippen molar-refractivity contribution in [1.29, 1.82) is 0 Å². The van der Waals surface area contributed by atoms with Gasteiger partial charge in [0.2, 0.25) is 5.91 Å². The van der Waals surface area contributed by atoms with Crippen molar-refractivity contribution in [3.63, 3.8) is 0 Å². The number of halogens is 2. The minimum atomic E-state index is -1.04. The highest BCUT2D eigenvalue weighted by atomic mass is 35.5. The molecule has 0 spiro atoms. The van der Waals surface area contributed by atoms with Gasteiger partial charge in [0.15, 0.2) is 0 Å². The smallest absolute Gasteiger partial charge is 0.244 e. The normalized spacial score (nSPS) is 12.5. The van der Waals surface area contributed by atoms with E-state index in [9.17, 15) is 4.79 Å². The van der Waals surface area contributed by atoms with Crippen molar-refractivity contribution in [2.75, 3.05) is 13.1 Å². The first-order chi connectivity index (χ1) is 12.0. The van der Waals surface area contributed by atoms with E-state index in [0.29, 0.717) is 6.54 Å². The van der Waals surface area contributed by atoms with Gasteiger partial charge < -0.3 is 11.1 Å². The third-order valence-corrected chi connectivity index (χ3v) is 4.62. The van der Waals surface area contributed by atoms with Gasteiger partial charge in [0.1, 0.15) is 5.54 Å². The van der Waals surface area contributed by atoms with Gasteiger partial charge >= 0.3 is 0 Å². The lowest BCUT2D eigenvalue weighted by Crippen LogP contribution is -2.48. The van der Waals surface area contributed by atoms with Crippen LogP contribution in [0.15, 0.2) is 54.6 Å². The lowest BCUT2D eigenvalue weighted by atomic mass is 9.92. The van der Waals surface area contributed by atoms with Crippen molar-refractivity contribution < 1.29 is 4.79 Å². The molecule has 0 aliphatic rings. The SMILES string of the molecule is CCN(CC)Cc1ccc(CNC(=O)C(C)(N)c2ccccc2)cc1.Cl.Cl. The number of nitrogens with two attached hydrogens (primary N) is 1. The molecule has 0 saturated carbocycles. The molecule has 2 rings (SSSR count). The first kappa shape index (κ1) is 25.4. The minimum Gasteiger partial charge on any atom is -0.350 e. The van der Waals surface area contributed by atoms with Crippen LogP contribution in [0.2, 0.25) is 0 Å². The number of benzene rings is 2. The molecule has 6 heteroatoms. The van der Waals surface area contributed by atoms with E-state index in [1.54, 1.807) is 6.92 Å². The maximum Gasteiger partial charge on any atom is 0.244 e. The summed E-state index contributed by atoms with van der Waals surface area (Å²) in [7, 11) is 0. The fourth-order valence-corrected chi connectivity index (χ4v) is 2.75. The second kappa shape index (κ2) is 12.0. The third-order valence-electron chi connectivity index (χ3n) is 4.62. The monoisotopic (exact) mass is 411 g/mol. The van der Waals surface area contributed by atoms with Crippen LogP contribution in [0.4, 0.5) is 0 Å². The molecule has 0 bridgehead atoms. The van der Waals surface area contributed by atoms with Crippen LogP contribution in [0.5, 0.6) is 0 Å². The van der Waals surface area contributed by atoms with Crippen LogP contribution in [0.25, 0.3) is 0 Å². The zero-order valence-electron chi connectivity index (χ0n) is 16.3. The van der Waals surface area contributed by atoms with E-state index in [-0.39, 0.29) is 30.7 Å². The first-order valence-corrected chi connectivity index (χ1v) is 8.90. The Labute approximate surface area is 175 Å². The first-order valence-electron chi connectivity index (χ1n) is 8.90. The molecule has 0 radical (unpaired) electrons. The molecule has 27 heavy (non-hydrogen) atoms. The third kappa shape index (κ3) is 7.15. The quantitative estimate of drug-likeness (QED) is 0.692. The number of nitrogens with zero attached hydrogens (tertiary/aromatic N) is 1. The number of nitrogens with one attached hydrogen (secondary N) is 1. The topological polar surface area (TPSA) is 58.4 Å². The molecule has 1 atom stereocenters. The molecular weight excluding hydrogens is 381 g/mol. The van der Waals surface area contributed by atoms with Crippen LogP contribution < -0.4 is 11.1 Å². The van der Waals surface area contributed by atoms with Gasteiger partial charge in [0, 0.05) is 13.1 Å². The second-order valence-electron chi connectivity index (χ2n) is 6.53. The molecule has 3 N–H and O–H groups in total. The summed E-state index contributed by atoms with van der Waals surface area (Å²) in [5, 5.41) is 2.95. The minimum absolute atomic E-state index is 0. The Morgan fingerprint density at radius 1 is 0.963 bits per heavy atom. The van der Waals surface area contributed by atoms with Crippen LogP contribution >= 0.6 is 24.8 Å². The van der Waals surface area contributed by atoms with Gasteiger partial charge in [-0.3, -0.25) is 9.69 Å². The highest BCUT2D eigenvalue weighted by Gasteiger charge is 2.29. The summed E-state index contributed by atoms with van der Waals surface area (Å²) >= 11 is 0. The van der Waals surface area contributed by atoms with Gasteiger partial charge in [0.05, 0.1) is 0 Å². The van der Waals surface area contributed by atoms with Gasteiger partial charge in [-0.2, -0.15) is 0 Å². The zero-order valence-corrected chi connectivity index (χ0v) is 17.9. The second-order valence-corrected chi connectivity index (χ2v) is 6.53. The molecule has 0 aliphatic carbocycles. The molecule has 150 valence electrons. The Morgan fingerprint density at radius 2 is 1.48 bits per heavy atom. The number of hydrogen-bond acceptors (Lipinski definition) is 3. The predicted octanol–water partition coefficient (Wildman–Crippen LogP) is 3.86. The number of amides is 1. The molecule has 0 fully saturated rings. The molecule has 1 amide bonds. The fourth-order valence-electron chi connectivity index (χ4n) is 2.75. The van der Waals surface area contributed by atoms with Crippen molar-refractivity contribution in [3.05, 3.63) is 71.3 Å². The molecule has 0 saturated heterocycles. The summed E-state index contributed by atoms with van der Waals surface area (Å²) in [6, 6.07) is 17.8. The highest BCUT2D eigenvalue weighted by Crippen LogP contribution is 2.17. The lowest BCUT2D eigenvalue weighted by molar-refractivity contribution is -0.126. The van der Waals surface area contributed by atoms with Crippen LogP contribution in [0.1, 0.15) is 37.5 Å². The van der Waals surface area contributed by atoms with E-state index in [1.165, 1.54) is 5.56 Å². The van der Waals surface area contributed by atoms with Gasteiger partial charge in [0.25, 0.3) is 0 Å². The largest absolute Gasteiger partial charge is 0.350 e. The summed E-state index contributed by atoms with van der Waals surface area (Å²) in [6.45, 7) is 9.60. The van der Waals surface area contributed by atoms with Gasteiger partial charge in [-0.25, -0.2) is 0 Å². The molecule has 4 nitrogen and oxygen atoms in total. The van der Waals surface area contributed by atoms with Crippen molar-refractivity contribution in [2.45, 2.75) is 39.4 Å². The number of rotatable bonds is 8. The van der Waals surface area contributed by atoms with Crippen LogP contribution in [-0.2, 0) is 23.4 Å².